The van der Waals surface area contributed by atoms with Gasteiger partial charge in [-0.2, -0.15) is 0 Å². The van der Waals surface area contributed by atoms with Crippen LogP contribution in [0.3, 0.4) is 0 Å². The van der Waals surface area contributed by atoms with E-state index in [0.29, 0.717) is 22.0 Å². The number of nitrogens with zero attached hydrogens (tertiary/aromatic N) is 1. The summed E-state index contributed by atoms with van der Waals surface area (Å²) in [5.41, 5.74) is 0. The molecule has 1 aromatic carbocycles. The summed E-state index contributed by atoms with van der Waals surface area (Å²) in [5, 5.41) is 0.548. The maximum Gasteiger partial charge on any atom is 0.240 e. The van der Waals surface area contributed by atoms with E-state index in [-0.39, 0.29) is 6.04 Å². The van der Waals surface area contributed by atoms with E-state index >= 15 is 0 Å². The molecule has 2 fully saturated rings. The molecule has 25 heavy (non-hydrogen) atoms. The van der Waals surface area contributed by atoms with Gasteiger partial charge in [-0.25, -0.2) is 13.1 Å². The van der Waals surface area contributed by atoms with E-state index in [0.717, 1.165) is 19.3 Å². The van der Waals surface area contributed by atoms with Crippen molar-refractivity contribution >= 4 is 21.6 Å². The van der Waals surface area contributed by atoms with Gasteiger partial charge < -0.3 is 0 Å². The van der Waals surface area contributed by atoms with Gasteiger partial charge >= 0.3 is 0 Å². The molecule has 0 heterocycles. The smallest absolute Gasteiger partial charge is 0.240 e. The van der Waals surface area contributed by atoms with E-state index in [9.17, 15) is 8.42 Å². The molecule has 140 valence electrons. The van der Waals surface area contributed by atoms with Gasteiger partial charge in [-0.15, -0.1) is 0 Å². The molecular weight excluding hydrogens is 356 g/mol. The third kappa shape index (κ3) is 4.76. The highest BCUT2D eigenvalue weighted by Gasteiger charge is 2.34. The molecule has 1 aromatic rings. The number of halogens is 1. The minimum Gasteiger partial charge on any atom is -0.299 e. The Morgan fingerprint density at radius 3 is 2.24 bits per heavy atom. The van der Waals surface area contributed by atoms with Crippen LogP contribution in [0.2, 0.25) is 5.02 Å². The summed E-state index contributed by atoms with van der Waals surface area (Å²) < 4.78 is 28.6. The number of rotatable bonds is 5. The average Bonchev–Trinajstić information content (AvgIpc) is 2.62. The van der Waals surface area contributed by atoms with Crippen molar-refractivity contribution in [1.82, 2.24) is 9.62 Å². The molecule has 0 amide bonds. The second-order valence-electron chi connectivity index (χ2n) is 7.49. The molecule has 2 aliphatic rings. The van der Waals surface area contributed by atoms with Crippen molar-refractivity contribution in [3.05, 3.63) is 29.3 Å². The van der Waals surface area contributed by atoms with E-state index in [1.165, 1.54) is 38.5 Å². The number of hydrogen-bond donors (Lipinski definition) is 1. The SMILES string of the molecule is CN(C1CCCCC1)C1CCCCC1NS(=O)(=O)c1ccc(Cl)cc1. The lowest BCUT2D eigenvalue weighted by Crippen LogP contribution is -2.54. The highest BCUT2D eigenvalue weighted by molar-refractivity contribution is 7.89. The second kappa shape index (κ2) is 8.38. The monoisotopic (exact) mass is 384 g/mol. The Balaban J connectivity index is 1.73. The van der Waals surface area contributed by atoms with Gasteiger partial charge in [0.25, 0.3) is 0 Å². The zero-order valence-corrected chi connectivity index (χ0v) is 16.5. The molecule has 3 rings (SSSR count). The number of sulfonamides is 1. The van der Waals surface area contributed by atoms with Crippen LogP contribution in [0.15, 0.2) is 29.2 Å². The number of hydrogen-bond acceptors (Lipinski definition) is 3. The minimum absolute atomic E-state index is 0.0126. The lowest BCUT2D eigenvalue weighted by Gasteiger charge is -2.43. The summed E-state index contributed by atoms with van der Waals surface area (Å²) in [6.07, 6.45) is 10.7. The summed E-state index contributed by atoms with van der Waals surface area (Å²) in [7, 11) is -1.32. The van der Waals surface area contributed by atoms with Gasteiger partial charge in [0.1, 0.15) is 0 Å². The fraction of sp³-hybridized carbons (Fsp3) is 0.684. The Morgan fingerprint density at radius 1 is 0.960 bits per heavy atom. The normalized spacial score (nSPS) is 26.0. The highest BCUT2D eigenvalue weighted by atomic mass is 35.5. The maximum atomic E-state index is 12.8. The molecule has 0 spiro atoms. The first-order valence-corrected chi connectivity index (χ1v) is 11.3. The summed E-state index contributed by atoms with van der Waals surface area (Å²) >= 11 is 5.88. The molecule has 6 heteroatoms. The first-order valence-electron chi connectivity index (χ1n) is 9.47. The van der Waals surface area contributed by atoms with Gasteiger partial charge in [0.05, 0.1) is 4.90 Å². The van der Waals surface area contributed by atoms with E-state index in [1.807, 2.05) is 0 Å². The molecule has 0 radical (unpaired) electrons. The fourth-order valence-corrected chi connectivity index (χ4v) is 5.81. The Hall–Kier alpha value is -0.620. The molecule has 1 N–H and O–H groups in total. The number of benzene rings is 1. The molecule has 2 saturated carbocycles. The third-order valence-corrected chi connectivity index (χ3v) is 7.59. The van der Waals surface area contributed by atoms with Crippen LogP contribution in [-0.4, -0.2) is 38.5 Å². The third-order valence-electron chi connectivity index (χ3n) is 5.83. The number of nitrogens with one attached hydrogen (secondary N) is 1. The van der Waals surface area contributed by atoms with Gasteiger partial charge in [-0.3, -0.25) is 4.90 Å². The highest BCUT2D eigenvalue weighted by Crippen LogP contribution is 2.30. The Morgan fingerprint density at radius 2 is 1.56 bits per heavy atom. The molecule has 2 unspecified atom stereocenters. The lowest BCUT2D eigenvalue weighted by molar-refractivity contribution is 0.0925. The van der Waals surface area contributed by atoms with E-state index in [1.54, 1.807) is 24.3 Å². The standard InChI is InChI=1S/C19H29ClN2O2S/c1-22(16-7-3-2-4-8-16)19-10-6-5-9-18(19)21-25(23,24)17-13-11-15(20)12-14-17/h11-14,16,18-19,21H,2-10H2,1H3. The van der Waals surface area contributed by atoms with Crippen molar-refractivity contribution in [2.45, 2.75) is 80.8 Å². The van der Waals surface area contributed by atoms with Crippen LogP contribution in [0.25, 0.3) is 0 Å². The van der Waals surface area contributed by atoms with Crippen LogP contribution in [0.5, 0.6) is 0 Å². The molecule has 2 atom stereocenters. The van der Waals surface area contributed by atoms with Crippen molar-refractivity contribution in [2.24, 2.45) is 0 Å². The van der Waals surface area contributed by atoms with Gasteiger partial charge in [-0.1, -0.05) is 43.7 Å². The van der Waals surface area contributed by atoms with E-state index in [2.05, 4.69) is 16.7 Å². The molecule has 0 saturated heterocycles. The Bertz CT molecular complexity index is 657. The predicted molar refractivity (Wildman–Crippen MR) is 102 cm³/mol. The van der Waals surface area contributed by atoms with Gasteiger partial charge in [0, 0.05) is 23.1 Å². The quantitative estimate of drug-likeness (QED) is 0.827. The Labute approximate surface area is 157 Å². The molecule has 2 aliphatic carbocycles. The average molecular weight is 385 g/mol. The molecule has 0 bridgehead atoms. The van der Waals surface area contributed by atoms with Gasteiger partial charge in [0.2, 0.25) is 10.0 Å². The summed E-state index contributed by atoms with van der Waals surface area (Å²) in [4.78, 5) is 2.76. The van der Waals surface area contributed by atoms with Crippen molar-refractivity contribution in [2.75, 3.05) is 7.05 Å². The van der Waals surface area contributed by atoms with Crippen LogP contribution < -0.4 is 4.72 Å². The van der Waals surface area contributed by atoms with Crippen molar-refractivity contribution < 1.29 is 8.42 Å². The summed E-state index contributed by atoms with van der Waals surface area (Å²) in [5.74, 6) is 0. The zero-order chi connectivity index (χ0) is 17.9. The maximum absolute atomic E-state index is 12.8. The first-order chi connectivity index (χ1) is 12.0. The van der Waals surface area contributed by atoms with E-state index in [4.69, 9.17) is 11.6 Å². The van der Waals surface area contributed by atoms with Crippen molar-refractivity contribution in [1.29, 1.82) is 0 Å². The molecular formula is C19H29ClN2O2S. The predicted octanol–water partition coefficient (Wildman–Crippen LogP) is 4.19. The lowest BCUT2D eigenvalue weighted by atomic mass is 9.86. The molecule has 4 nitrogen and oxygen atoms in total. The minimum atomic E-state index is -3.51. The molecule has 0 aliphatic heterocycles. The summed E-state index contributed by atoms with van der Waals surface area (Å²) in [6, 6.07) is 7.28. The van der Waals surface area contributed by atoms with Crippen LogP contribution in [-0.2, 0) is 10.0 Å². The second-order valence-corrected chi connectivity index (χ2v) is 9.64. The van der Waals surface area contributed by atoms with Crippen molar-refractivity contribution in [3.8, 4) is 0 Å². The van der Waals surface area contributed by atoms with Crippen LogP contribution in [0.4, 0.5) is 0 Å². The van der Waals surface area contributed by atoms with Crippen LogP contribution >= 0.6 is 11.6 Å². The fourth-order valence-electron chi connectivity index (χ4n) is 4.38. The Kier molecular flexibility index (Phi) is 6.42. The van der Waals surface area contributed by atoms with Crippen LogP contribution in [0, 0.1) is 0 Å². The number of likely N-dealkylation sites (N-methyl/N-ethyl adjacent to an activating group) is 1. The molecule has 0 aromatic heterocycles. The first kappa shape index (κ1) is 19.2. The van der Waals surface area contributed by atoms with Crippen molar-refractivity contribution in [3.63, 3.8) is 0 Å². The van der Waals surface area contributed by atoms with Gasteiger partial charge in [-0.05, 0) is 57.0 Å². The van der Waals surface area contributed by atoms with E-state index < -0.39 is 10.0 Å². The summed E-state index contributed by atoms with van der Waals surface area (Å²) in [6.45, 7) is 0. The topological polar surface area (TPSA) is 49.4 Å². The van der Waals surface area contributed by atoms with Crippen LogP contribution in [0.1, 0.15) is 57.8 Å². The zero-order valence-electron chi connectivity index (χ0n) is 15.0. The van der Waals surface area contributed by atoms with Gasteiger partial charge in [0.15, 0.2) is 0 Å². The largest absolute Gasteiger partial charge is 0.299 e.